The Morgan fingerprint density at radius 1 is 1.16 bits per heavy atom. The van der Waals surface area contributed by atoms with Crippen LogP contribution in [0.15, 0.2) is 24.3 Å². The van der Waals surface area contributed by atoms with Gasteiger partial charge in [0.25, 0.3) is 11.8 Å². The number of fused-ring (bicyclic) bond motifs is 1. The number of amides is 4. The number of rotatable bonds is 8. The lowest BCUT2D eigenvalue weighted by molar-refractivity contribution is -0.134. The van der Waals surface area contributed by atoms with E-state index in [1.807, 2.05) is 0 Å². The van der Waals surface area contributed by atoms with Crippen molar-refractivity contribution in [2.75, 3.05) is 40.4 Å². The van der Waals surface area contributed by atoms with Gasteiger partial charge in [0.2, 0.25) is 11.8 Å². The van der Waals surface area contributed by atoms with Gasteiger partial charge >= 0.3 is 0 Å². The van der Waals surface area contributed by atoms with Crippen molar-refractivity contribution in [2.45, 2.75) is 6.42 Å². The zero-order valence-electron chi connectivity index (χ0n) is 14.3. The molecule has 8 nitrogen and oxygen atoms in total. The van der Waals surface area contributed by atoms with Gasteiger partial charge in [-0.3, -0.25) is 24.1 Å². The maximum absolute atomic E-state index is 12.2. The van der Waals surface area contributed by atoms with Gasteiger partial charge in [-0.05, 0) is 18.6 Å². The molecule has 8 heteroatoms. The number of carbonyl (C=O) groups excluding carboxylic acids is 4. The highest BCUT2D eigenvalue weighted by Gasteiger charge is 2.36. The number of ether oxygens (including phenoxy) is 1. The van der Waals surface area contributed by atoms with Gasteiger partial charge in [0.1, 0.15) is 6.54 Å². The highest BCUT2D eigenvalue weighted by atomic mass is 16.5. The molecule has 2 rings (SSSR count). The quantitative estimate of drug-likeness (QED) is 0.523. The molecule has 0 saturated carbocycles. The molecule has 0 fully saturated rings. The molecule has 1 aromatic rings. The van der Waals surface area contributed by atoms with E-state index in [0.717, 1.165) is 4.90 Å². The molecule has 4 amide bonds. The van der Waals surface area contributed by atoms with E-state index in [2.05, 4.69) is 5.32 Å². The fraction of sp³-hybridized carbons (Fsp3) is 0.412. The molecule has 1 N–H and O–H groups in total. The van der Waals surface area contributed by atoms with Gasteiger partial charge in [-0.25, -0.2) is 0 Å². The zero-order valence-corrected chi connectivity index (χ0v) is 14.3. The highest BCUT2D eigenvalue weighted by Crippen LogP contribution is 2.22. The molecule has 1 aliphatic rings. The van der Waals surface area contributed by atoms with E-state index in [-0.39, 0.29) is 19.0 Å². The first-order chi connectivity index (χ1) is 12.0. The second-order valence-electron chi connectivity index (χ2n) is 5.69. The monoisotopic (exact) mass is 347 g/mol. The van der Waals surface area contributed by atoms with Crippen LogP contribution in [-0.2, 0) is 14.3 Å². The Morgan fingerprint density at radius 2 is 1.76 bits per heavy atom. The summed E-state index contributed by atoms with van der Waals surface area (Å²) in [7, 11) is 3.03. The Labute approximate surface area is 145 Å². The van der Waals surface area contributed by atoms with E-state index in [1.54, 1.807) is 31.4 Å². The van der Waals surface area contributed by atoms with Crippen molar-refractivity contribution in [1.29, 1.82) is 0 Å². The first-order valence-corrected chi connectivity index (χ1v) is 7.90. The van der Waals surface area contributed by atoms with Gasteiger partial charge in [0, 0.05) is 27.3 Å². The van der Waals surface area contributed by atoms with Gasteiger partial charge < -0.3 is 15.0 Å². The number of benzene rings is 1. The minimum atomic E-state index is -0.494. The summed E-state index contributed by atoms with van der Waals surface area (Å²) in [5.41, 5.74) is 0.581. The predicted octanol–water partition coefficient (Wildman–Crippen LogP) is -0.106. The highest BCUT2D eigenvalue weighted by molar-refractivity contribution is 6.22. The summed E-state index contributed by atoms with van der Waals surface area (Å²) in [5.74, 6) is -1.78. The number of hydrogen-bond donors (Lipinski definition) is 1. The van der Waals surface area contributed by atoms with Gasteiger partial charge in [-0.2, -0.15) is 0 Å². The van der Waals surface area contributed by atoms with Crippen LogP contribution in [0.4, 0.5) is 0 Å². The average Bonchev–Trinajstić information content (AvgIpc) is 2.84. The standard InChI is InChI=1S/C17H21N3O5/c1-19(10-14(21)18-8-5-9-25-2)15(22)11-20-16(23)12-6-3-4-7-13(12)17(20)24/h3-4,6-7H,5,8-11H2,1-2H3,(H,18,21). The van der Waals surface area contributed by atoms with E-state index in [1.165, 1.54) is 11.9 Å². The summed E-state index contributed by atoms with van der Waals surface area (Å²) in [4.78, 5) is 50.6. The number of nitrogens with one attached hydrogen (secondary N) is 1. The molecule has 0 saturated heterocycles. The van der Waals surface area contributed by atoms with Crippen LogP contribution in [0, 0.1) is 0 Å². The van der Waals surface area contributed by atoms with Crippen LogP contribution in [0.1, 0.15) is 27.1 Å². The lowest BCUT2D eigenvalue weighted by Gasteiger charge is -2.20. The third kappa shape index (κ3) is 4.42. The molecule has 0 spiro atoms. The first-order valence-electron chi connectivity index (χ1n) is 7.90. The Kier molecular flexibility index (Phi) is 6.24. The second kappa shape index (κ2) is 8.39. The minimum absolute atomic E-state index is 0.144. The number of nitrogens with zero attached hydrogens (tertiary/aromatic N) is 2. The molecule has 25 heavy (non-hydrogen) atoms. The van der Waals surface area contributed by atoms with Crippen molar-refractivity contribution in [3.05, 3.63) is 35.4 Å². The average molecular weight is 347 g/mol. The Morgan fingerprint density at radius 3 is 2.32 bits per heavy atom. The summed E-state index contributed by atoms with van der Waals surface area (Å²) in [6.07, 6.45) is 0.676. The van der Waals surface area contributed by atoms with E-state index in [4.69, 9.17) is 4.74 Å². The third-order valence-corrected chi connectivity index (χ3v) is 3.83. The van der Waals surface area contributed by atoms with E-state index in [0.29, 0.717) is 30.7 Å². The van der Waals surface area contributed by atoms with E-state index < -0.39 is 17.7 Å². The van der Waals surface area contributed by atoms with Crippen molar-refractivity contribution in [3.8, 4) is 0 Å². The lowest BCUT2D eigenvalue weighted by Crippen LogP contribution is -2.44. The van der Waals surface area contributed by atoms with Gasteiger partial charge in [0.15, 0.2) is 0 Å². The molecule has 1 aliphatic heterocycles. The molecule has 0 bridgehead atoms. The first kappa shape index (κ1) is 18.6. The van der Waals surface area contributed by atoms with Crippen LogP contribution in [0.2, 0.25) is 0 Å². The molecule has 0 aliphatic carbocycles. The third-order valence-electron chi connectivity index (χ3n) is 3.83. The summed E-state index contributed by atoms with van der Waals surface area (Å²) >= 11 is 0. The summed E-state index contributed by atoms with van der Waals surface area (Å²) < 4.78 is 4.88. The topological polar surface area (TPSA) is 96.0 Å². The number of methoxy groups -OCH3 is 1. The summed E-state index contributed by atoms with van der Waals surface area (Å²) in [5, 5.41) is 2.67. The van der Waals surface area contributed by atoms with Crippen LogP contribution in [-0.4, -0.2) is 73.8 Å². The maximum Gasteiger partial charge on any atom is 0.262 e. The largest absolute Gasteiger partial charge is 0.385 e. The number of likely N-dealkylation sites (N-methyl/N-ethyl adjacent to an activating group) is 1. The normalized spacial score (nSPS) is 13.0. The van der Waals surface area contributed by atoms with Crippen LogP contribution < -0.4 is 5.32 Å². The molecule has 1 aromatic carbocycles. The van der Waals surface area contributed by atoms with Gasteiger partial charge in [-0.1, -0.05) is 12.1 Å². The lowest BCUT2D eigenvalue weighted by atomic mass is 10.1. The summed E-state index contributed by atoms with van der Waals surface area (Å²) in [6, 6.07) is 6.43. The van der Waals surface area contributed by atoms with Crippen molar-refractivity contribution in [3.63, 3.8) is 0 Å². The van der Waals surface area contributed by atoms with Crippen molar-refractivity contribution >= 4 is 23.6 Å². The van der Waals surface area contributed by atoms with Gasteiger partial charge in [0.05, 0.1) is 17.7 Å². The fourth-order valence-electron chi connectivity index (χ4n) is 2.44. The minimum Gasteiger partial charge on any atom is -0.385 e. The molecule has 0 unspecified atom stereocenters. The Bertz CT molecular complexity index is 654. The summed E-state index contributed by atoms with van der Waals surface area (Å²) in [6.45, 7) is 0.455. The van der Waals surface area contributed by atoms with Crippen LogP contribution in [0.5, 0.6) is 0 Å². The van der Waals surface area contributed by atoms with E-state index >= 15 is 0 Å². The van der Waals surface area contributed by atoms with Crippen LogP contribution in [0.25, 0.3) is 0 Å². The fourth-order valence-corrected chi connectivity index (χ4v) is 2.44. The number of carbonyl (C=O) groups is 4. The molecule has 0 aromatic heterocycles. The van der Waals surface area contributed by atoms with Crippen molar-refractivity contribution in [2.24, 2.45) is 0 Å². The Hall–Kier alpha value is -2.74. The zero-order chi connectivity index (χ0) is 18.4. The number of imide groups is 1. The molecule has 1 heterocycles. The van der Waals surface area contributed by atoms with Crippen LogP contribution in [0.3, 0.4) is 0 Å². The van der Waals surface area contributed by atoms with E-state index in [9.17, 15) is 19.2 Å². The van der Waals surface area contributed by atoms with Crippen LogP contribution >= 0.6 is 0 Å². The molecule has 134 valence electrons. The SMILES string of the molecule is COCCCNC(=O)CN(C)C(=O)CN1C(=O)c2ccccc2C1=O. The van der Waals surface area contributed by atoms with Crippen molar-refractivity contribution in [1.82, 2.24) is 15.1 Å². The molecule has 0 atom stereocenters. The predicted molar refractivity (Wildman–Crippen MR) is 88.9 cm³/mol. The maximum atomic E-state index is 12.2. The Balaban J connectivity index is 1.87. The molecule has 0 radical (unpaired) electrons. The molecular formula is C17H21N3O5. The van der Waals surface area contributed by atoms with Gasteiger partial charge in [-0.15, -0.1) is 0 Å². The second-order valence-corrected chi connectivity index (χ2v) is 5.69. The van der Waals surface area contributed by atoms with Crippen molar-refractivity contribution < 1.29 is 23.9 Å². The molecular weight excluding hydrogens is 326 g/mol. The smallest absolute Gasteiger partial charge is 0.262 e. The number of hydrogen-bond acceptors (Lipinski definition) is 5.